The van der Waals surface area contributed by atoms with Gasteiger partial charge in [-0.2, -0.15) is 0 Å². The second-order valence-corrected chi connectivity index (χ2v) is 6.52. The molecule has 1 unspecified atom stereocenters. The Hall–Kier alpha value is -0.640. The Bertz CT molecular complexity index is 496. The molecule has 2 N–H and O–H groups in total. The molecule has 0 fully saturated rings. The average Bonchev–Trinajstić information content (AvgIpc) is 2.85. The summed E-state index contributed by atoms with van der Waals surface area (Å²) >= 11 is 5.40. The second kappa shape index (κ2) is 6.00. The zero-order valence-electron chi connectivity index (χ0n) is 10.7. The number of rotatable bonds is 4. The fraction of sp³-hybridized carbons (Fsp3) is 0.333. The first-order valence-electron chi connectivity index (χ1n) is 6.12. The van der Waals surface area contributed by atoms with Crippen LogP contribution in [-0.4, -0.2) is 0 Å². The van der Waals surface area contributed by atoms with E-state index >= 15 is 0 Å². The van der Waals surface area contributed by atoms with Gasteiger partial charge < -0.3 is 5.73 Å². The summed E-state index contributed by atoms with van der Waals surface area (Å²) < 4.78 is 1.19. The van der Waals surface area contributed by atoms with Gasteiger partial charge in [0.2, 0.25) is 0 Å². The molecule has 18 heavy (non-hydrogen) atoms. The van der Waals surface area contributed by atoms with Crippen LogP contribution in [0.4, 0.5) is 0 Å². The summed E-state index contributed by atoms with van der Waals surface area (Å²) in [5.74, 6) is 0. The number of benzene rings is 1. The maximum absolute atomic E-state index is 6.29. The first-order chi connectivity index (χ1) is 8.58. The van der Waals surface area contributed by atoms with E-state index in [-0.39, 0.29) is 6.04 Å². The summed E-state index contributed by atoms with van der Waals surface area (Å²) in [6.45, 7) is 4.24. The van der Waals surface area contributed by atoms with Crippen LogP contribution in [0.3, 0.4) is 0 Å². The van der Waals surface area contributed by atoms with E-state index in [1.807, 2.05) is 0 Å². The fourth-order valence-corrected chi connectivity index (χ4v) is 3.07. The lowest BCUT2D eigenvalue weighted by atomic mass is 9.98. The Kier molecular flexibility index (Phi) is 4.60. The molecule has 0 saturated heterocycles. The minimum Gasteiger partial charge on any atom is -0.324 e. The third kappa shape index (κ3) is 3.22. The van der Waals surface area contributed by atoms with Crippen LogP contribution < -0.4 is 5.73 Å². The van der Waals surface area contributed by atoms with Gasteiger partial charge in [-0.15, -0.1) is 11.3 Å². The van der Waals surface area contributed by atoms with Crippen molar-refractivity contribution in [1.29, 1.82) is 0 Å². The van der Waals surface area contributed by atoms with Crippen LogP contribution in [0.25, 0.3) is 0 Å². The van der Waals surface area contributed by atoms with Crippen molar-refractivity contribution in [3.8, 4) is 0 Å². The molecular weight excluding hydrogens is 306 g/mol. The van der Waals surface area contributed by atoms with Crippen LogP contribution in [0.15, 0.2) is 34.1 Å². The van der Waals surface area contributed by atoms with Gasteiger partial charge in [0.05, 0.1) is 0 Å². The number of aryl methyl sites for hydroxylation is 3. The molecule has 96 valence electrons. The van der Waals surface area contributed by atoms with Crippen molar-refractivity contribution in [2.24, 2.45) is 5.73 Å². The van der Waals surface area contributed by atoms with Crippen molar-refractivity contribution in [3.05, 3.63) is 55.7 Å². The third-order valence-corrected chi connectivity index (χ3v) is 5.36. The highest BCUT2D eigenvalue weighted by Crippen LogP contribution is 2.27. The summed E-state index contributed by atoms with van der Waals surface area (Å²) in [6, 6.07) is 8.78. The van der Waals surface area contributed by atoms with E-state index in [2.05, 4.69) is 59.4 Å². The van der Waals surface area contributed by atoms with Crippen LogP contribution in [0.1, 0.15) is 34.0 Å². The number of hydrogen-bond donors (Lipinski definition) is 1. The smallest absolute Gasteiger partial charge is 0.0298 e. The Labute approximate surface area is 121 Å². The molecule has 0 aliphatic rings. The molecule has 3 heteroatoms. The normalized spacial score (nSPS) is 12.7. The molecule has 0 amide bonds. The first-order valence-corrected chi connectivity index (χ1v) is 7.80. The van der Waals surface area contributed by atoms with Gasteiger partial charge in [0.1, 0.15) is 0 Å². The minimum atomic E-state index is 0.123. The van der Waals surface area contributed by atoms with Crippen LogP contribution in [0, 0.1) is 13.8 Å². The number of nitrogens with two attached hydrogens (primary N) is 1. The van der Waals surface area contributed by atoms with E-state index in [4.69, 9.17) is 5.73 Å². The first kappa shape index (κ1) is 13.8. The molecule has 0 spiro atoms. The van der Waals surface area contributed by atoms with Gasteiger partial charge in [-0.1, -0.05) is 34.1 Å². The monoisotopic (exact) mass is 323 g/mol. The summed E-state index contributed by atoms with van der Waals surface area (Å²) in [6.07, 6.45) is 2.06. The second-order valence-electron chi connectivity index (χ2n) is 4.69. The summed E-state index contributed by atoms with van der Waals surface area (Å²) in [5.41, 5.74) is 10.1. The predicted octanol–water partition coefficient (Wildman–Crippen LogP) is 4.76. The van der Waals surface area contributed by atoms with Gasteiger partial charge in [-0.05, 0) is 54.8 Å². The van der Waals surface area contributed by atoms with Crippen molar-refractivity contribution in [2.45, 2.75) is 32.7 Å². The Morgan fingerprint density at radius 2 is 1.94 bits per heavy atom. The largest absolute Gasteiger partial charge is 0.324 e. The van der Waals surface area contributed by atoms with E-state index in [0.29, 0.717) is 0 Å². The number of halogens is 1. The lowest BCUT2D eigenvalue weighted by Crippen LogP contribution is -2.11. The molecule has 2 rings (SSSR count). The van der Waals surface area contributed by atoms with Crippen LogP contribution in [0.5, 0.6) is 0 Å². The van der Waals surface area contributed by atoms with Crippen molar-refractivity contribution < 1.29 is 0 Å². The molecule has 0 aliphatic carbocycles. The van der Waals surface area contributed by atoms with Gasteiger partial charge in [0.15, 0.2) is 0 Å². The van der Waals surface area contributed by atoms with Gasteiger partial charge in [0.25, 0.3) is 0 Å². The zero-order chi connectivity index (χ0) is 13.1. The van der Waals surface area contributed by atoms with E-state index in [0.717, 1.165) is 12.8 Å². The van der Waals surface area contributed by atoms with Crippen molar-refractivity contribution in [1.82, 2.24) is 0 Å². The van der Waals surface area contributed by atoms with Crippen LogP contribution >= 0.6 is 27.3 Å². The molecule has 1 nitrogen and oxygen atoms in total. The van der Waals surface area contributed by atoms with Crippen molar-refractivity contribution >= 4 is 27.3 Å². The van der Waals surface area contributed by atoms with Crippen LogP contribution in [-0.2, 0) is 6.42 Å². The Morgan fingerprint density at radius 3 is 2.50 bits per heavy atom. The van der Waals surface area contributed by atoms with Crippen molar-refractivity contribution in [3.63, 3.8) is 0 Å². The van der Waals surface area contributed by atoms with Gasteiger partial charge in [-0.25, -0.2) is 0 Å². The minimum absolute atomic E-state index is 0.123. The molecule has 1 aromatic carbocycles. The molecule has 0 saturated carbocycles. The summed E-state index contributed by atoms with van der Waals surface area (Å²) in [7, 11) is 0. The molecule has 2 aromatic rings. The van der Waals surface area contributed by atoms with E-state index < -0.39 is 0 Å². The Morgan fingerprint density at radius 1 is 1.28 bits per heavy atom. The standard InChI is InChI=1S/C15H18BrNS/c1-10-8-12(9-11(2)15(10)16)14(17)6-5-13-4-3-7-18-13/h3-4,7-9,14H,5-6,17H2,1-2H3. The summed E-state index contributed by atoms with van der Waals surface area (Å²) in [5, 5.41) is 2.12. The van der Waals surface area contributed by atoms with Crippen molar-refractivity contribution in [2.75, 3.05) is 0 Å². The molecule has 1 heterocycles. The lowest BCUT2D eigenvalue weighted by Gasteiger charge is -2.14. The summed E-state index contributed by atoms with van der Waals surface area (Å²) in [4.78, 5) is 1.41. The van der Waals surface area contributed by atoms with E-state index in [1.54, 1.807) is 11.3 Å². The quantitative estimate of drug-likeness (QED) is 0.862. The van der Waals surface area contributed by atoms with Crippen LogP contribution in [0.2, 0.25) is 0 Å². The number of hydrogen-bond acceptors (Lipinski definition) is 2. The molecule has 1 atom stereocenters. The molecule has 0 aliphatic heterocycles. The van der Waals surface area contributed by atoms with Gasteiger partial charge in [0, 0.05) is 15.4 Å². The van der Waals surface area contributed by atoms with Gasteiger partial charge in [-0.3, -0.25) is 0 Å². The van der Waals surface area contributed by atoms with Gasteiger partial charge >= 0.3 is 0 Å². The molecule has 0 radical (unpaired) electrons. The maximum atomic E-state index is 6.29. The highest BCUT2D eigenvalue weighted by atomic mass is 79.9. The highest BCUT2D eigenvalue weighted by Gasteiger charge is 2.10. The topological polar surface area (TPSA) is 26.0 Å². The molecule has 1 aromatic heterocycles. The molecular formula is C15H18BrNS. The molecule has 0 bridgehead atoms. The SMILES string of the molecule is Cc1cc(C(N)CCc2cccs2)cc(C)c1Br. The van der Waals surface area contributed by atoms with E-state index in [9.17, 15) is 0 Å². The maximum Gasteiger partial charge on any atom is 0.0298 e. The number of thiophene rings is 1. The Balaban J connectivity index is 2.07. The zero-order valence-corrected chi connectivity index (χ0v) is 13.1. The fourth-order valence-electron chi connectivity index (χ4n) is 2.11. The van der Waals surface area contributed by atoms with E-state index in [1.165, 1.54) is 26.0 Å². The highest BCUT2D eigenvalue weighted by molar-refractivity contribution is 9.10. The predicted molar refractivity (Wildman–Crippen MR) is 83.2 cm³/mol. The third-order valence-electron chi connectivity index (χ3n) is 3.17. The average molecular weight is 324 g/mol. The lowest BCUT2D eigenvalue weighted by molar-refractivity contribution is 0.654.